The van der Waals surface area contributed by atoms with E-state index in [9.17, 15) is 4.79 Å². The van der Waals surface area contributed by atoms with Crippen molar-refractivity contribution in [2.24, 2.45) is 5.73 Å². The summed E-state index contributed by atoms with van der Waals surface area (Å²) < 4.78 is 0. The number of carbonyl (C=O) groups excluding carboxylic acids is 1. The van der Waals surface area contributed by atoms with Gasteiger partial charge in [0.1, 0.15) is 0 Å². The number of hydrogen-bond acceptors (Lipinski definition) is 6. The van der Waals surface area contributed by atoms with Crippen LogP contribution >= 0.6 is 0 Å². The second-order valence-electron chi connectivity index (χ2n) is 6.04. The summed E-state index contributed by atoms with van der Waals surface area (Å²) in [7, 11) is 0. The molecular formula is C18H24N6O. The van der Waals surface area contributed by atoms with Crippen molar-refractivity contribution >= 4 is 11.9 Å². The zero-order chi connectivity index (χ0) is 17.5. The Balaban J connectivity index is 1.40. The maximum absolute atomic E-state index is 12.2. The predicted octanol–water partition coefficient (Wildman–Crippen LogP) is 0.487. The third-order valence-corrected chi connectivity index (χ3v) is 4.35. The molecule has 7 nitrogen and oxygen atoms in total. The Labute approximate surface area is 147 Å². The number of nitrogens with two attached hydrogens (primary N) is 1. The van der Waals surface area contributed by atoms with Gasteiger partial charge in [-0.1, -0.05) is 12.1 Å². The molecule has 0 saturated carbocycles. The third kappa shape index (κ3) is 4.74. The SMILES string of the molecule is NCc1cccc(C(=O)NCCN2CCN(c3ncccn3)CC2)c1. The minimum absolute atomic E-state index is 0.0494. The van der Waals surface area contributed by atoms with Crippen LogP contribution in [0.3, 0.4) is 0 Å². The molecule has 0 bridgehead atoms. The van der Waals surface area contributed by atoms with Crippen molar-refractivity contribution in [2.45, 2.75) is 6.54 Å². The number of benzene rings is 1. The molecular weight excluding hydrogens is 316 g/mol. The van der Waals surface area contributed by atoms with E-state index in [0.29, 0.717) is 18.7 Å². The summed E-state index contributed by atoms with van der Waals surface area (Å²) >= 11 is 0. The van der Waals surface area contributed by atoms with E-state index in [1.807, 2.05) is 30.3 Å². The minimum Gasteiger partial charge on any atom is -0.351 e. The molecule has 0 unspecified atom stereocenters. The molecule has 2 aromatic rings. The Morgan fingerprint density at radius 1 is 1.12 bits per heavy atom. The number of amides is 1. The van der Waals surface area contributed by atoms with E-state index < -0.39 is 0 Å². The van der Waals surface area contributed by atoms with Gasteiger partial charge in [0, 0.05) is 63.8 Å². The van der Waals surface area contributed by atoms with Crippen molar-refractivity contribution in [3.8, 4) is 0 Å². The topological polar surface area (TPSA) is 87.4 Å². The smallest absolute Gasteiger partial charge is 0.251 e. The average Bonchev–Trinajstić information content (AvgIpc) is 2.69. The first-order valence-electron chi connectivity index (χ1n) is 8.58. The van der Waals surface area contributed by atoms with Gasteiger partial charge in [0.2, 0.25) is 5.95 Å². The minimum atomic E-state index is -0.0494. The highest BCUT2D eigenvalue weighted by Crippen LogP contribution is 2.09. The van der Waals surface area contributed by atoms with Crippen LogP contribution in [0.25, 0.3) is 0 Å². The van der Waals surface area contributed by atoms with Crippen LogP contribution in [0.1, 0.15) is 15.9 Å². The number of hydrogen-bond donors (Lipinski definition) is 2. The Hall–Kier alpha value is -2.51. The second-order valence-corrected chi connectivity index (χ2v) is 6.04. The zero-order valence-electron chi connectivity index (χ0n) is 14.3. The maximum Gasteiger partial charge on any atom is 0.251 e. The number of nitrogens with one attached hydrogen (secondary N) is 1. The summed E-state index contributed by atoms with van der Waals surface area (Å²) in [4.78, 5) is 25.3. The van der Waals surface area contributed by atoms with Crippen LogP contribution in [0.15, 0.2) is 42.7 Å². The van der Waals surface area contributed by atoms with E-state index in [2.05, 4.69) is 25.1 Å². The van der Waals surface area contributed by atoms with Crippen LogP contribution in [0, 0.1) is 0 Å². The van der Waals surface area contributed by atoms with Crippen LogP contribution in [0.4, 0.5) is 5.95 Å². The van der Waals surface area contributed by atoms with E-state index in [0.717, 1.165) is 44.2 Å². The van der Waals surface area contributed by atoms with E-state index >= 15 is 0 Å². The lowest BCUT2D eigenvalue weighted by atomic mass is 10.1. The molecule has 132 valence electrons. The Morgan fingerprint density at radius 2 is 1.88 bits per heavy atom. The maximum atomic E-state index is 12.2. The highest BCUT2D eigenvalue weighted by Gasteiger charge is 2.18. The van der Waals surface area contributed by atoms with Gasteiger partial charge in [-0.3, -0.25) is 9.69 Å². The molecule has 1 amide bonds. The van der Waals surface area contributed by atoms with Gasteiger partial charge in [-0.25, -0.2) is 9.97 Å². The Kier molecular flexibility index (Phi) is 5.92. The summed E-state index contributed by atoms with van der Waals surface area (Å²) in [5.74, 6) is 0.738. The monoisotopic (exact) mass is 340 g/mol. The third-order valence-electron chi connectivity index (χ3n) is 4.35. The normalized spacial score (nSPS) is 15.2. The lowest BCUT2D eigenvalue weighted by molar-refractivity contribution is 0.0947. The molecule has 25 heavy (non-hydrogen) atoms. The predicted molar refractivity (Wildman–Crippen MR) is 97.4 cm³/mol. The van der Waals surface area contributed by atoms with E-state index in [4.69, 9.17) is 5.73 Å². The van der Waals surface area contributed by atoms with Gasteiger partial charge in [0.25, 0.3) is 5.91 Å². The largest absolute Gasteiger partial charge is 0.351 e. The van der Waals surface area contributed by atoms with Crippen molar-refractivity contribution in [1.82, 2.24) is 20.2 Å². The molecule has 0 aliphatic carbocycles. The molecule has 1 saturated heterocycles. The molecule has 7 heteroatoms. The molecule has 1 fully saturated rings. The molecule has 3 N–H and O–H groups in total. The van der Waals surface area contributed by atoms with Gasteiger partial charge in [-0.05, 0) is 23.8 Å². The van der Waals surface area contributed by atoms with Gasteiger partial charge in [-0.2, -0.15) is 0 Å². The van der Waals surface area contributed by atoms with Crippen molar-refractivity contribution < 1.29 is 4.79 Å². The fraction of sp³-hybridized carbons (Fsp3) is 0.389. The summed E-state index contributed by atoms with van der Waals surface area (Å²) in [6, 6.07) is 9.27. The molecule has 0 radical (unpaired) electrons. The van der Waals surface area contributed by atoms with Gasteiger partial charge in [0.05, 0.1) is 0 Å². The molecule has 1 aromatic carbocycles. The van der Waals surface area contributed by atoms with Gasteiger partial charge >= 0.3 is 0 Å². The first-order chi connectivity index (χ1) is 12.3. The molecule has 1 aliphatic heterocycles. The zero-order valence-corrected chi connectivity index (χ0v) is 14.3. The van der Waals surface area contributed by atoms with Crippen LogP contribution in [-0.2, 0) is 6.54 Å². The Morgan fingerprint density at radius 3 is 2.60 bits per heavy atom. The Bertz CT molecular complexity index is 685. The molecule has 0 atom stereocenters. The first kappa shape index (κ1) is 17.3. The van der Waals surface area contributed by atoms with Gasteiger partial charge < -0.3 is 16.0 Å². The number of carbonyl (C=O) groups is 1. The fourth-order valence-corrected chi connectivity index (χ4v) is 2.90. The van der Waals surface area contributed by atoms with Crippen molar-refractivity contribution in [3.63, 3.8) is 0 Å². The average molecular weight is 340 g/mol. The molecule has 0 spiro atoms. The van der Waals surface area contributed by atoms with Crippen LogP contribution in [0.5, 0.6) is 0 Å². The van der Waals surface area contributed by atoms with Crippen LogP contribution < -0.4 is 16.0 Å². The number of anilines is 1. The molecule has 2 heterocycles. The van der Waals surface area contributed by atoms with Crippen molar-refractivity contribution in [3.05, 3.63) is 53.9 Å². The molecule has 1 aromatic heterocycles. The quantitative estimate of drug-likeness (QED) is 0.796. The van der Waals surface area contributed by atoms with Gasteiger partial charge in [-0.15, -0.1) is 0 Å². The summed E-state index contributed by atoms with van der Waals surface area (Å²) in [6.07, 6.45) is 3.54. The lowest BCUT2D eigenvalue weighted by Gasteiger charge is -2.34. The molecule has 3 rings (SSSR count). The number of aromatic nitrogens is 2. The second kappa shape index (κ2) is 8.55. The lowest BCUT2D eigenvalue weighted by Crippen LogP contribution is -2.49. The summed E-state index contributed by atoms with van der Waals surface area (Å²) in [5, 5.41) is 2.98. The van der Waals surface area contributed by atoms with E-state index in [-0.39, 0.29) is 5.91 Å². The first-order valence-corrected chi connectivity index (χ1v) is 8.58. The highest BCUT2D eigenvalue weighted by molar-refractivity contribution is 5.94. The van der Waals surface area contributed by atoms with Crippen LogP contribution in [-0.4, -0.2) is 60.0 Å². The summed E-state index contributed by atoms with van der Waals surface area (Å²) in [5.41, 5.74) is 7.24. The number of rotatable bonds is 6. The van der Waals surface area contributed by atoms with E-state index in [1.165, 1.54) is 0 Å². The van der Waals surface area contributed by atoms with Crippen LogP contribution in [0.2, 0.25) is 0 Å². The van der Waals surface area contributed by atoms with E-state index in [1.54, 1.807) is 12.4 Å². The summed E-state index contributed by atoms with van der Waals surface area (Å²) in [6.45, 7) is 5.59. The number of nitrogens with zero attached hydrogens (tertiary/aromatic N) is 4. The highest BCUT2D eigenvalue weighted by atomic mass is 16.1. The standard InChI is InChI=1S/C18H24N6O/c19-14-15-3-1-4-16(13-15)17(25)20-7-8-23-9-11-24(12-10-23)18-21-5-2-6-22-18/h1-6,13H,7-12,14,19H2,(H,20,25). The van der Waals surface area contributed by atoms with Crippen molar-refractivity contribution in [1.29, 1.82) is 0 Å². The van der Waals surface area contributed by atoms with Gasteiger partial charge in [0.15, 0.2) is 0 Å². The fourth-order valence-electron chi connectivity index (χ4n) is 2.90. The molecule has 1 aliphatic rings. The number of piperazine rings is 1. The van der Waals surface area contributed by atoms with Crippen molar-refractivity contribution in [2.75, 3.05) is 44.2 Å².